The van der Waals surface area contributed by atoms with Gasteiger partial charge in [0, 0.05) is 16.5 Å². The second-order valence-electron chi connectivity index (χ2n) is 5.11. The summed E-state index contributed by atoms with van der Waals surface area (Å²) in [6.45, 7) is 0. The normalized spacial score (nSPS) is 21.0. The summed E-state index contributed by atoms with van der Waals surface area (Å²) in [6.07, 6.45) is 0.388. The molecule has 0 amide bonds. The minimum absolute atomic E-state index is 0.129. The van der Waals surface area contributed by atoms with Gasteiger partial charge in [0.15, 0.2) is 15.6 Å². The van der Waals surface area contributed by atoms with Crippen LogP contribution in [-0.2, 0) is 9.84 Å². The maximum atomic E-state index is 12.4. The smallest absolute Gasteiger partial charge is 0.181 e. The van der Waals surface area contributed by atoms with Gasteiger partial charge in [-0.25, -0.2) is 8.42 Å². The summed E-state index contributed by atoms with van der Waals surface area (Å²) >= 11 is 5.79. The SMILES string of the molecule is O=C(c1ccc(Cl)cc1)[C@@H]1C[C@H]1S(=O)(=O)c1ccccc1. The Labute approximate surface area is 128 Å². The molecule has 0 bridgehead atoms. The molecular formula is C16H13ClO3S. The molecule has 1 saturated carbocycles. The molecule has 1 aliphatic carbocycles. The minimum Gasteiger partial charge on any atom is -0.294 e. The number of carbonyl (C=O) groups is 1. The van der Waals surface area contributed by atoms with Crippen molar-refractivity contribution in [2.24, 2.45) is 5.92 Å². The zero-order valence-electron chi connectivity index (χ0n) is 11.1. The van der Waals surface area contributed by atoms with Crippen LogP contribution in [0.2, 0.25) is 5.02 Å². The zero-order chi connectivity index (χ0) is 15.0. The quantitative estimate of drug-likeness (QED) is 0.811. The molecule has 1 aliphatic rings. The molecule has 21 heavy (non-hydrogen) atoms. The Balaban J connectivity index is 1.80. The number of sulfone groups is 1. The van der Waals surface area contributed by atoms with Crippen molar-refractivity contribution in [3.8, 4) is 0 Å². The summed E-state index contributed by atoms with van der Waals surface area (Å²) in [5.74, 6) is -0.576. The van der Waals surface area contributed by atoms with Gasteiger partial charge in [-0.05, 0) is 42.8 Å². The van der Waals surface area contributed by atoms with E-state index in [4.69, 9.17) is 11.6 Å². The third-order valence-corrected chi connectivity index (χ3v) is 6.17. The predicted molar refractivity (Wildman–Crippen MR) is 81.3 cm³/mol. The number of Topliss-reactive ketones (excluding diaryl/α,β-unsaturated/α-hetero) is 1. The van der Waals surface area contributed by atoms with Crippen LogP contribution < -0.4 is 0 Å². The van der Waals surface area contributed by atoms with Crippen molar-refractivity contribution in [1.29, 1.82) is 0 Å². The van der Waals surface area contributed by atoms with E-state index in [9.17, 15) is 13.2 Å². The van der Waals surface area contributed by atoms with Crippen molar-refractivity contribution in [2.75, 3.05) is 0 Å². The Kier molecular flexibility index (Phi) is 3.59. The Hall–Kier alpha value is -1.65. The first-order valence-electron chi connectivity index (χ1n) is 6.59. The average molecular weight is 321 g/mol. The summed E-state index contributed by atoms with van der Waals surface area (Å²) < 4.78 is 24.8. The highest BCUT2D eigenvalue weighted by atomic mass is 35.5. The van der Waals surface area contributed by atoms with E-state index in [-0.39, 0.29) is 10.7 Å². The summed E-state index contributed by atoms with van der Waals surface area (Å²) in [6, 6.07) is 14.8. The number of benzene rings is 2. The summed E-state index contributed by atoms with van der Waals surface area (Å²) in [5, 5.41) is -0.0566. The molecule has 0 saturated heterocycles. The fourth-order valence-corrected chi connectivity index (χ4v) is 4.43. The first-order valence-corrected chi connectivity index (χ1v) is 8.51. The van der Waals surface area contributed by atoms with Crippen LogP contribution in [-0.4, -0.2) is 19.5 Å². The lowest BCUT2D eigenvalue weighted by atomic mass is 10.1. The highest BCUT2D eigenvalue weighted by molar-refractivity contribution is 7.92. The predicted octanol–water partition coefficient (Wildman–Crippen LogP) is 3.39. The lowest BCUT2D eigenvalue weighted by Gasteiger charge is -2.04. The van der Waals surface area contributed by atoms with Crippen molar-refractivity contribution < 1.29 is 13.2 Å². The van der Waals surface area contributed by atoms with Crippen molar-refractivity contribution in [2.45, 2.75) is 16.6 Å². The van der Waals surface area contributed by atoms with E-state index < -0.39 is 21.0 Å². The van der Waals surface area contributed by atoms with E-state index in [0.717, 1.165) is 0 Å². The van der Waals surface area contributed by atoms with Gasteiger partial charge in [-0.15, -0.1) is 0 Å². The van der Waals surface area contributed by atoms with Crippen LogP contribution in [0.1, 0.15) is 16.8 Å². The molecule has 108 valence electrons. The van der Waals surface area contributed by atoms with Gasteiger partial charge in [0.25, 0.3) is 0 Å². The van der Waals surface area contributed by atoms with Gasteiger partial charge in [0.1, 0.15) is 0 Å². The fraction of sp³-hybridized carbons (Fsp3) is 0.188. The molecule has 0 spiro atoms. The van der Waals surface area contributed by atoms with Crippen molar-refractivity contribution in [3.63, 3.8) is 0 Å². The van der Waals surface area contributed by atoms with Crippen LogP contribution in [0.15, 0.2) is 59.5 Å². The molecule has 0 radical (unpaired) electrons. The average Bonchev–Trinajstić information content (AvgIpc) is 3.29. The number of hydrogen-bond donors (Lipinski definition) is 0. The molecule has 0 N–H and O–H groups in total. The van der Waals surface area contributed by atoms with E-state index in [1.54, 1.807) is 54.6 Å². The maximum Gasteiger partial charge on any atom is 0.181 e. The molecule has 2 aromatic carbocycles. The zero-order valence-corrected chi connectivity index (χ0v) is 12.6. The van der Waals surface area contributed by atoms with E-state index in [0.29, 0.717) is 17.0 Å². The van der Waals surface area contributed by atoms with Gasteiger partial charge in [0.05, 0.1) is 10.1 Å². The van der Waals surface area contributed by atoms with Crippen LogP contribution in [0.25, 0.3) is 0 Å². The first kappa shape index (κ1) is 14.3. The van der Waals surface area contributed by atoms with Gasteiger partial charge in [0.2, 0.25) is 0 Å². The third-order valence-electron chi connectivity index (χ3n) is 3.67. The highest BCUT2D eigenvalue weighted by Crippen LogP contribution is 2.42. The second-order valence-corrected chi connectivity index (χ2v) is 7.71. The van der Waals surface area contributed by atoms with Crippen LogP contribution in [0.5, 0.6) is 0 Å². The number of halogens is 1. The van der Waals surface area contributed by atoms with E-state index in [2.05, 4.69) is 0 Å². The number of carbonyl (C=O) groups excluding carboxylic acids is 1. The molecule has 5 heteroatoms. The van der Waals surface area contributed by atoms with Crippen molar-refractivity contribution in [1.82, 2.24) is 0 Å². The number of hydrogen-bond acceptors (Lipinski definition) is 3. The van der Waals surface area contributed by atoms with Crippen LogP contribution in [0.3, 0.4) is 0 Å². The van der Waals surface area contributed by atoms with E-state index >= 15 is 0 Å². The Morgan fingerprint density at radius 1 is 1.00 bits per heavy atom. The van der Waals surface area contributed by atoms with Gasteiger partial charge in [-0.2, -0.15) is 0 Å². The second kappa shape index (κ2) is 5.28. The van der Waals surface area contributed by atoms with Gasteiger partial charge in [-0.3, -0.25) is 4.79 Å². The Bertz CT molecular complexity index is 767. The standard InChI is InChI=1S/C16H13ClO3S/c17-12-8-6-11(7-9-12)16(18)14-10-15(14)21(19,20)13-4-2-1-3-5-13/h1-9,14-15H,10H2/t14-,15-/m1/s1. The Morgan fingerprint density at radius 3 is 2.24 bits per heavy atom. The molecule has 0 heterocycles. The van der Waals surface area contributed by atoms with E-state index in [1.165, 1.54) is 0 Å². The van der Waals surface area contributed by atoms with Crippen molar-refractivity contribution in [3.05, 3.63) is 65.2 Å². The molecule has 3 nitrogen and oxygen atoms in total. The summed E-state index contributed by atoms with van der Waals surface area (Å²) in [7, 11) is -3.42. The lowest BCUT2D eigenvalue weighted by Crippen LogP contribution is -2.13. The largest absolute Gasteiger partial charge is 0.294 e. The van der Waals surface area contributed by atoms with Crippen molar-refractivity contribution >= 4 is 27.2 Å². The van der Waals surface area contributed by atoms with E-state index in [1.807, 2.05) is 0 Å². The fourth-order valence-electron chi connectivity index (χ4n) is 2.40. The molecule has 0 unspecified atom stereocenters. The van der Waals surface area contributed by atoms with Crippen LogP contribution in [0, 0.1) is 5.92 Å². The topological polar surface area (TPSA) is 51.2 Å². The van der Waals surface area contributed by atoms with Crippen LogP contribution in [0.4, 0.5) is 0 Å². The van der Waals surface area contributed by atoms with Crippen LogP contribution >= 0.6 is 11.6 Å². The summed E-state index contributed by atoms with van der Waals surface area (Å²) in [5.41, 5.74) is 0.509. The molecule has 1 fully saturated rings. The lowest BCUT2D eigenvalue weighted by molar-refractivity contribution is 0.0968. The first-order chi connectivity index (χ1) is 10.00. The van der Waals surface area contributed by atoms with Gasteiger partial charge < -0.3 is 0 Å². The van der Waals surface area contributed by atoms with Gasteiger partial charge in [-0.1, -0.05) is 29.8 Å². The summed E-state index contributed by atoms with van der Waals surface area (Å²) in [4.78, 5) is 12.6. The Morgan fingerprint density at radius 2 is 1.62 bits per heavy atom. The van der Waals surface area contributed by atoms with Gasteiger partial charge >= 0.3 is 0 Å². The third kappa shape index (κ3) is 2.74. The monoisotopic (exact) mass is 320 g/mol. The number of ketones is 1. The molecule has 2 aromatic rings. The highest BCUT2D eigenvalue weighted by Gasteiger charge is 2.51. The maximum absolute atomic E-state index is 12.4. The minimum atomic E-state index is -3.42. The molecule has 2 atom stereocenters. The number of rotatable bonds is 4. The molecule has 0 aromatic heterocycles. The molecular weight excluding hydrogens is 308 g/mol. The molecule has 0 aliphatic heterocycles. The molecule has 3 rings (SSSR count).